The minimum atomic E-state index is -0.480. The molecule has 3 rings (SSSR count). The molecule has 1 atom stereocenters. The van der Waals surface area contributed by atoms with Crippen LogP contribution < -0.4 is 10.1 Å². The summed E-state index contributed by atoms with van der Waals surface area (Å²) in [7, 11) is 0. The molecule has 2 aromatic carbocycles. The Kier molecular flexibility index (Phi) is 5.73. The van der Waals surface area contributed by atoms with Crippen LogP contribution in [0.5, 0.6) is 5.75 Å². The third-order valence-electron chi connectivity index (χ3n) is 4.58. The summed E-state index contributed by atoms with van der Waals surface area (Å²) in [6.45, 7) is -0.144. The second-order valence-corrected chi connectivity index (χ2v) is 6.76. The molecule has 0 bridgehead atoms. The van der Waals surface area contributed by atoms with Gasteiger partial charge in [0.05, 0.1) is 11.0 Å². The zero-order valence-corrected chi connectivity index (χ0v) is 14.8. The van der Waals surface area contributed by atoms with E-state index in [9.17, 15) is 14.9 Å². The fourth-order valence-corrected chi connectivity index (χ4v) is 3.07. The molecule has 1 unspecified atom stereocenters. The normalized spacial score (nSPS) is 15.0. The summed E-state index contributed by atoms with van der Waals surface area (Å²) < 4.78 is 5.43. The topological polar surface area (TPSA) is 81.5 Å². The number of carbonyl (C=O) groups excluding carboxylic acids is 1. The maximum absolute atomic E-state index is 12.3. The number of ether oxygens (including phenoxy) is 1. The molecule has 0 spiro atoms. The van der Waals surface area contributed by atoms with Gasteiger partial charge < -0.3 is 10.1 Å². The number of hydrogen-bond donors (Lipinski definition) is 1. The van der Waals surface area contributed by atoms with Crippen molar-refractivity contribution in [3.05, 3.63) is 69.2 Å². The van der Waals surface area contributed by atoms with Crippen molar-refractivity contribution >= 4 is 23.2 Å². The van der Waals surface area contributed by atoms with Gasteiger partial charge in [-0.25, -0.2) is 0 Å². The second-order valence-electron chi connectivity index (χ2n) is 6.33. The van der Waals surface area contributed by atoms with Crippen LogP contribution in [0.25, 0.3) is 0 Å². The number of non-ortho nitro benzene ring substituents is 1. The standard InChI is InChI=1S/C19H19ClN2O4/c20-15-6-4-14(5-7-15)19(13-2-1-3-13)21-18(23)12-26-17-10-8-16(9-11-17)22(24)25/h4-11,13,19H,1-3,12H2,(H,21,23). The highest BCUT2D eigenvalue weighted by Crippen LogP contribution is 2.38. The Morgan fingerprint density at radius 3 is 2.38 bits per heavy atom. The van der Waals surface area contributed by atoms with E-state index in [1.54, 1.807) is 0 Å². The Hall–Kier alpha value is -2.60. The van der Waals surface area contributed by atoms with Crippen molar-refractivity contribution in [1.82, 2.24) is 5.32 Å². The maximum atomic E-state index is 12.3. The number of nitrogens with one attached hydrogen (secondary N) is 1. The highest BCUT2D eigenvalue weighted by atomic mass is 35.5. The van der Waals surface area contributed by atoms with E-state index in [2.05, 4.69) is 5.32 Å². The first-order valence-corrected chi connectivity index (χ1v) is 8.83. The van der Waals surface area contributed by atoms with Gasteiger partial charge in [-0.15, -0.1) is 0 Å². The highest BCUT2D eigenvalue weighted by molar-refractivity contribution is 6.30. The fraction of sp³-hybridized carbons (Fsp3) is 0.316. The second kappa shape index (κ2) is 8.19. The van der Waals surface area contributed by atoms with Crippen molar-refractivity contribution in [1.29, 1.82) is 0 Å². The van der Waals surface area contributed by atoms with Gasteiger partial charge in [-0.2, -0.15) is 0 Å². The molecule has 1 saturated carbocycles. The van der Waals surface area contributed by atoms with Crippen LogP contribution in [0.15, 0.2) is 48.5 Å². The molecule has 1 amide bonds. The van der Waals surface area contributed by atoms with Gasteiger partial charge in [-0.05, 0) is 48.6 Å². The predicted molar refractivity (Wildman–Crippen MR) is 98.3 cm³/mol. The average Bonchev–Trinajstić information content (AvgIpc) is 2.59. The molecule has 0 heterocycles. The lowest BCUT2D eigenvalue weighted by Crippen LogP contribution is -2.38. The zero-order chi connectivity index (χ0) is 18.5. The van der Waals surface area contributed by atoms with Gasteiger partial charge in [0.2, 0.25) is 0 Å². The molecule has 1 aliphatic carbocycles. The number of rotatable bonds is 7. The molecule has 1 aliphatic rings. The molecular weight excluding hydrogens is 356 g/mol. The van der Waals surface area contributed by atoms with Crippen molar-refractivity contribution in [3.63, 3.8) is 0 Å². The smallest absolute Gasteiger partial charge is 0.269 e. The molecule has 136 valence electrons. The summed E-state index contributed by atoms with van der Waals surface area (Å²) in [6, 6.07) is 13.1. The van der Waals surface area contributed by atoms with Crippen LogP contribution in [0, 0.1) is 16.0 Å². The third-order valence-corrected chi connectivity index (χ3v) is 4.84. The molecule has 1 fully saturated rings. The van der Waals surface area contributed by atoms with E-state index in [4.69, 9.17) is 16.3 Å². The monoisotopic (exact) mass is 374 g/mol. The third kappa shape index (κ3) is 4.52. The Morgan fingerprint density at radius 1 is 1.19 bits per heavy atom. The molecule has 6 nitrogen and oxygen atoms in total. The van der Waals surface area contributed by atoms with E-state index in [1.807, 2.05) is 24.3 Å². The number of halogens is 1. The van der Waals surface area contributed by atoms with Crippen molar-refractivity contribution in [2.75, 3.05) is 6.61 Å². The lowest BCUT2D eigenvalue weighted by molar-refractivity contribution is -0.384. The minimum Gasteiger partial charge on any atom is -0.484 e. The Bertz CT molecular complexity index is 773. The highest BCUT2D eigenvalue weighted by Gasteiger charge is 2.29. The van der Waals surface area contributed by atoms with E-state index >= 15 is 0 Å². The summed E-state index contributed by atoms with van der Waals surface area (Å²) >= 11 is 5.95. The molecule has 7 heteroatoms. The first-order valence-electron chi connectivity index (χ1n) is 8.45. The Morgan fingerprint density at radius 2 is 1.85 bits per heavy atom. The molecule has 0 saturated heterocycles. The van der Waals surface area contributed by atoms with Crippen LogP contribution in [0.3, 0.4) is 0 Å². The molecule has 0 aromatic heterocycles. The van der Waals surface area contributed by atoms with Gasteiger partial charge in [0.25, 0.3) is 11.6 Å². The van der Waals surface area contributed by atoms with Crippen molar-refractivity contribution in [2.45, 2.75) is 25.3 Å². The summed E-state index contributed by atoms with van der Waals surface area (Å²) in [5, 5.41) is 14.3. The number of benzene rings is 2. The Labute approximate surface area is 156 Å². The predicted octanol–water partition coefficient (Wildman–Crippen LogP) is 4.28. The summed E-state index contributed by atoms with van der Waals surface area (Å²) in [5.74, 6) is 0.604. The maximum Gasteiger partial charge on any atom is 0.269 e. The van der Waals surface area contributed by atoms with Gasteiger partial charge in [-0.3, -0.25) is 14.9 Å². The van der Waals surface area contributed by atoms with Crippen LogP contribution in [0.2, 0.25) is 5.02 Å². The van der Waals surface area contributed by atoms with Gasteiger partial charge in [0, 0.05) is 17.2 Å². The van der Waals surface area contributed by atoms with E-state index in [-0.39, 0.29) is 24.2 Å². The molecule has 0 aliphatic heterocycles. The summed E-state index contributed by atoms with van der Waals surface area (Å²) in [6.07, 6.45) is 3.33. The zero-order valence-electron chi connectivity index (χ0n) is 14.1. The van der Waals surface area contributed by atoms with Gasteiger partial charge in [0.1, 0.15) is 5.75 Å². The van der Waals surface area contributed by atoms with Gasteiger partial charge >= 0.3 is 0 Å². The minimum absolute atomic E-state index is 0.0189. The molecule has 2 aromatic rings. The molecule has 26 heavy (non-hydrogen) atoms. The van der Waals surface area contributed by atoms with Crippen molar-refractivity contribution in [3.8, 4) is 5.75 Å². The largest absolute Gasteiger partial charge is 0.484 e. The number of nitrogens with zero attached hydrogens (tertiary/aromatic N) is 1. The SMILES string of the molecule is O=C(COc1ccc([N+](=O)[O-])cc1)NC(c1ccc(Cl)cc1)C1CCC1. The first-order chi connectivity index (χ1) is 12.5. The van der Waals surface area contributed by atoms with Gasteiger partial charge in [-0.1, -0.05) is 30.2 Å². The van der Waals surface area contributed by atoms with Crippen molar-refractivity contribution < 1.29 is 14.5 Å². The molecular formula is C19H19ClN2O4. The van der Waals surface area contributed by atoms with E-state index in [0.29, 0.717) is 16.7 Å². The Balaban J connectivity index is 1.59. The van der Waals surface area contributed by atoms with Crippen LogP contribution in [-0.4, -0.2) is 17.4 Å². The van der Waals surface area contributed by atoms with E-state index in [0.717, 1.165) is 18.4 Å². The first kappa shape index (κ1) is 18.2. The number of amides is 1. The molecule has 1 N–H and O–H groups in total. The van der Waals surface area contributed by atoms with Crippen LogP contribution >= 0.6 is 11.6 Å². The van der Waals surface area contributed by atoms with E-state index < -0.39 is 4.92 Å². The number of hydrogen-bond acceptors (Lipinski definition) is 4. The lowest BCUT2D eigenvalue weighted by atomic mass is 9.77. The van der Waals surface area contributed by atoms with E-state index in [1.165, 1.54) is 30.7 Å². The number of nitro groups is 1. The lowest BCUT2D eigenvalue weighted by Gasteiger charge is -2.34. The number of carbonyl (C=O) groups is 1. The fourth-order valence-electron chi connectivity index (χ4n) is 2.94. The quantitative estimate of drug-likeness (QED) is 0.579. The summed E-state index contributed by atoms with van der Waals surface area (Å²) in [4.78, 5) is 22.5. The summed E-state index contributed by atoms with van der Waals surface area (Å²) in [5.41, 5.74) is 1.01. The van der Waals surface area contributed by atoms with Crippen LogP contribution in [0.1, 0.15) is 30.9 Å². The molecule has 0 radical (unpaired) electrons. The van der Waals surface area contributed by atoms with Crippen LogP contribution in [0.4, 0.5) is 5.69 Å². The van der Waals surface area contributed by atoms with Gasteiger partial charge in [0.15, 0.2) is 6.61 Å². The van der Waals surface area contributed by atoms with Crippen LogP contribution in [-0.2, 0) is 4.79 Å². The average molecular weight is 375 g/mol. The van der Waals surface area contributed by atoms with Crippen molar-refractivity contribution in [2.24, 2.45) is 5.92 Å². The number of nitro benzene ring substituents is 1.